The van der Waals surface area contributed by atoms with Crippen molar-refractivity contribution in [2.24, 2.45) is 0 Å². The molecule has 0 fully saturated rings. The van der Waals surface area contributed by atoms with Crippen LogP contribution >= 0.6 is 7.92 Å². The van der Waals surface area contributed by atoms with E-state index in [2.05, 4.69) is 33.6 Å². The van der Waals surface area contributed by atoms with Crippen molar-refractivity contribution in [1.29, 1.82) is 0 Å². The third-order valence-corrected chi connectivity index (χ3v) is 5.93. The van der Waals surface area contributed by atoms with Crippen molar-refractivity contribution in [2.75, 3.05) is 18.6 Å². The number of anilines is 1. The van der Waals surface area contributed by atoms with Crippen LogP contribution in [0, 0.1) is 12.7 Å². The SMILES string of the molecule is CC.Cc1nc(NCc2cccc(C(F)(F)C(C)(C)O)c2F)c2cc(P(C)C)ncc2n1. The van der Waals surface area contributed by atoms with E-state index in [9.17, 15) is 18.3 Å². The van der Waals surface area contributed by atoms with Gasteiger partial charge in [-0.25, -0.2) is 14.4 Å². The van der Waals surface area contributed by atoms with Crippen molar-refractivity contribution < 1.29 is 18.3 Å². The van der Waals surface area contributed by atoms with Gasteiger partial charge in [-0.1, -0.05) is 33.9 Å². The smallest absolute Gasteiger partial charge is 0.303 e. The Balaban J connectivity index is 0.00000176. The molecule has 0 aliphatic rings. The Labute approximate surface area is 188 Å². The molecule has 3 rings (SSSR count). The van der Waals surface area contributed by atoms with E-state index in [4.69, 9.17) is 0 Å². The molecule has 1 aromatic carbocycles. The summed E-state index contributed by atoms with van der Waals surface area (Å²) in [6.45, 7) is 11.7. The average Bonchev–Trinajstić information content (AvgIpc) is 2.72. The zero-order valence-corrected chi connectivity index (χ0v) is 20.4. The molecule has 0 aliphatic carbocycles. The second-order valence-corrected chi connectivity index (χ2v) is 10.1. The van der Waals surface area contributed by atoms with Gasteiger partial charge < -0.3 is 10.4 Å². The fraction of sp³-hybridized carbons (Fsp3) is 0.435. The number of aliphatic hydroxyl groups is 1. The molecule has 0 aliphatic heterocycles. The highest BCUT2D eigenvalue weighted by Crippen LogP contribution is 2.40. The fourth-order valence-corrected chi connectivity index (χ4v) is 3.66. The highest BCUT2D eigenvalue weighted by atomic mass is 31.1. The van der Waals surface area contributed by atoms with Crippen molar-refractivity contribution >= 4 is 30.1 Å². The molecule has 0 bridgehead atoms. The minimum atomic E-state index is -3.74. The number of hydrogen-bond donors (Lipinski definition) is 2. The van der Waals surface area contributed by atoms with E-state index in [1.165, 1.54) is 12.1 Å². The number of alkyl halides is 2. The molecule has 3 aromatic rings. The Kier molecular flexibility index (Phi) is 8.18. The lowest BCUT2D eigenvalue weighted by molar-refractivity contribution is -0.170. The van der Waals surface area contributed by atoms with Gasteiger partial charge in [0.2, 0.25) is 0 Å². The van der Waals surface area contributed by atoms with Crippen molar-refractivity contribution in [3.63, 3.8) is 0 Å². The predicted octanol–water partition coefficient (Wildman–Crippen LogP) is 5.34. The summed E-state index contributed by atoms with van der Waals surface area (Å²) in [6.07, 6.45) is 1.68. The summed E-state index contributed by atoms with van der Waals surface area (Å²) in [5, 5.41) is 13.6. The molecule has 0 spiro atoms. The predicted molar refractivity (Wildman–Crippen MR) is 126 cm³/mol. The van der Waals surface area contributed by atoms with Gasteiger partial charge in [-0.2, -0.15) is 8.78 Å². The number of aryl methyl sites for hydroxylation is 1. The fourth-order valence-electron chi connectivity index (χ4n) is 2.98. The number of aromatic nitrogens is 3. The molecule has 2 heterocycles. The molecule has 0 saturated heterocycles. The van der Waals surface area contributed by atoms with Gasteiger partial charge in [0, 0.05) is 17.5 Å². The first-order valence-corrected chi connectivity index (χ1v) is 12.6. The first-order valence-electron chi connectivity index (χ1n) is 10.4. The van der Waals surface area contributed by atoms with Gasteiger partial charge in [-0.15, -0.1) is 0 Å². The minimum Gasteiger partial charge on any atom is -0.384 e. The molecular weight excluding hydrogens is 436 g/mol. The zero-order valence-electron chi connectivity index (χ0n) is 19.5. The minimum absolute atomic E-state index is 0.0448. The van der Waals surface area contributed by atoms with Gasteiger partial charge >= 0.3 is 5.92 Å². The number of halogens is 3. The molecule has 0 atom stereocenters. The number of nitrogens with one attached hydrogen (secondary N) is 1. The Bertz CT molecular complexity index is 1080. The van der Waals surface area contributed by atoms with Crippen molar-refractivity contribution in [1.82, 2.24) is 15.0 Å². The summed E-state index contributed by atoms with van der Waals surface area (Å²) in [5.41, 5.74) is -1.63. The Hall–Kier alpha value is -2.31. The molecule has 0 radical (unpaired) electrons. The van der Waals surface area contributed by atoms with E-state index in [-0.39, 0.29) is 12.1 Å². The average molecular weight is 466 g/mol. The van der Waals surface area contributed by atoms with Crippen LogP contribution in [-0.4, -0.2) is 39.0 Å². The lowest BCUT2D eigenvalue weighted by atomic mass is 9.92. The van der Waals surface area contributed by atoms with Crippen LogP contribution in [0.5, 0.6) is 0 Å². The van der Waals surface area contributed by atoms with Crippen LogP contribution in [0.15, 0.2) is 30.5 Å². The summed E-state index contributed by atoms with van der Waals surface area (Å²) in [4.78, 5) is 13.2. The monoisotopic (exact) mass is 466 g/mol. The van der Waals surface area contributed by atoms with Crippen molar-refractivity contribution in [3.8, 4) is 0 Å². The van der Waals surface area contributed by atoms with Crippen LogP contribution in [-0.2, 0) is 12.5 Å². The van der Waals surface area contributed by atoms with E-state index in [0.717, 1.165) is 30.7 Å². The van der Waals surface area contributed by atoms with Crippen LogP contribution in [0.3, 0.4) is 0 Å². The normalized spacial score (nSPS) is 12.0. The number of rotatable bonds is 6. The molecule has 0 unspecified atom stereocenters. The molecule has 0 amide bonds. The summed E-state index contributed by atoms with van der Waals surface area (Å²) in [7, 11) is -0.437. The van der Waals surface area contributed by atoms with Gasteiger partial charge in [0.05, 0.1) is 22.7 Å². The summed E-state index contributed by atoms with van der Waals surface area (Å²) < 4.78 is 43.9. The van der Waals surface area contributed by atoms with Gasteiger partial charge in [-0.3, -0.25) is 4.98 Å². The summed E-state index contributed by atoms with van der Waals surface area (Å²) >= 11 is 0. The maximum atomic E-state index is 14.9. The Morgan fingerprint density at radius 1 is 1.12 bits per heavy atom. The van der Waals surface area contributed by atoms with Gasteiger partial charge in [0.25, 0.3) is 0 Å². The highest BCUT2D eigenvalue weighted by molar-refractivity contribution is 7.63. The van der Waals surface area contributed by atoms with Crippen LogP contribution in [0.25, 0.3) is 10.9 Å². The Morgan fingerprint density at radius 3 is 2.38 bits per heavy atom. The number of fused-ring (bicyclic) bond motifs is 1. The first-order chi connectivity index (χ1) is 14.9. The third kappa shape index (κ3) is 5.36. The van der Waals surface area contributed by atoms with Gasteiger partial charge in [0.15, 0.2) is 0 Å². The molecular formula is C23H30F3N4OP. The van der Waals surface area contributed by atoms with E-state index in [1.807, 2.05) is 19.9 Å². The maximum absolute atomic E-state index is 14.9. The zero-order chi connectivity index (χ0) is 24.3. The van der Waals surface area contributed by atoms with Crippen molar-refractivity contribution in [2.45, 2.75) is 52.7 Å². The quantitative estimate of drug-likeness (QED) is 0.480. The van der Waals surface area contributed by atoms with Crippen LogP contribution in [0.2, 0.25) is 0 Å². The van der Waals surface area contributed by atoms with E-state index < -0.39 is 30.8 Å². The number of nitrogens with zero attached hydrogens (tertiary/aromatic N) is 3. The first kappa shape index (κ1) is 25.9. The molecule has 2 N–H and O–H groups in total. The highest BCUT2D eigenvalue weighted by Gasteiger charge is 2.48. The lowest BCUT2D eigenvalue weighted by Crippen LogP contribution is -2.41. The molecule has 5 nitrogen and oxygen atoms in total. The molecule has 0 saturated carbocycles. The summed E-state index contributed by atoms with van der Waals surface area (Å²) in [6, 6.07) is 5.66. The second-order valence-electron chi connectivity index (χ2n) is 7.84. The molecule has 2 aromatic heterocycles. The Morgan fingerprint density at radius 2 is 1.78 bits per heavy atom. The number of hydrogen-bond acceptors (Lipinski definition) is 5. The lowest BCUT2D eigenvalue weighted by Gasteiger charge is -2.30. The van der Waals surface area contributed by atoms with Gasteiger partial charge in [-0.05, 0) is 46.2 Å². The second kappa shape index (κ2) is 10.1. The molecule has 32 heavy (non-hydrogen) atoms. The van der Waals surface area contributed by atoms with E-state index in [1.54, 1.807) is 13.1 Å². The number of pyridine rings is 1. The largest absolute Gasteiger partial charge is 0.384 e. The van der Waals surface area contributed by atoms with E-state index >= 15 is 0 Å². The van der Waals surface area contributed by atoms with Crippen molar-refractivity contribution in [3.05, 3.63) is 53.2 Å². The van der Waals surface area contributed by atoms with Crippen LogP contribution < -0.4 is 10.8 Å². The van der Waals surface area contributed by atoms with E-state index in [0.29, 0.717) is 17.2 Å². The molecule has 9 heteroatoms. The molecule has 174 valence electrons. The third-order valence-electron chi connectivity index (χ3n) is 4.77. The van der Waals surface area contributed by atoms with Crippen LogP contribution in [0.1, 0.15) is 44.6 Å². The van der Waals surface area contributed by atoms with Gasteiger partial charge in [0.1, 0.15) is 23.1 Å². The topological polar surface area (TPSA) is 70.9 Å². The maximum Gasteiger partial charge on any atom is 0.303 e. The number of benzene rings is 1. The summed E-state index contributed by atoms with van der Waals surface area (Å²) in [5.74, 6) is -3.81. The standard InChI is InChI=1S/C21H24F3N4OP.C2H6/c1-12-27-16-11-25-17(30(4)5)9-14(16)19(28-12)26-10-13-7-6-8-15(18(13)22)21(23,24)20(2,3)29;1-2/h6-9,11,29H,10H2,1-5H3,(H,26,27,28);1-2H3. The van der Waals surface area contributed by atoms with Crippen LogP contribution in [0.4, 0.5) is 19.0 Å².